The second kappa shape index (κ2) is 6.76. The molecule has 0 radical (unpaired) electrons. The van der Waals surface area contributed by atoms with E-state index in [2.05, 4.69) is 9.46 Å². The average Bonchev–Trinajstić information content (AvgIpc) is 2.38. The van der Waals surface area contributed by atoms with Gasteiger partial charge in [-0.25, -0.2) is 8.42 Å². The third kappa shape index (κ3) is 4.09. The maximum absolute atomic E-state index is 12.2. The number of methoxy groups -OCH3 is 1. The molecule has 0 amide bonds. The smallest absolute Gasteiger partial charge is 0.324 e. The van der Waals surface area contributed by atoms with Crippen molar-refractivity contribution in [2.24, 2.45) is 5.92 Å². The van der Waals surface area contributed by atoms with E-state index >= 15 is 0 Å². The summed E-state index contributed by atoms with van der Waals surface area (Å²) >= 11 is 11.5. The van der Waals surface area contributed by atoms with Crippen LogP contribution in [0.15, 0.2) is 23.1 Å². The van der Waals surface area contributed by atoms with Crippen LogP contribution in [0.3, 0.4) is 0 Å². The van der Waals surface area contributed by atoms with Crippen LogP contribution in [0, 0.1) is 5.92 Å². The zero-order valence-electron chi connectivity index (χ0n) is 11.2. The maximum Gasteiger partial charge on any atom is 0.324 e. The molecule has 1 aromatic carbocycles. The van der Waals surface area contributed by atoms with E-state index in [4.69, 9.17) is 23.2 Å². The minimum atomic E-state index is -3.89. The van der Waals surface area contributed by atoms with Gasteiger partial charge in [0, 0.05) is 0 Å². The van der Waals surface area contributed by atoms with Gasteiger partial charge in [0.15, 0.2) is 0 Å². The van der Waals surface area contributed by atoms with Gasteiger partial charge in [-0.15, -0.1) is 0 Å². The summed E-state index contributed by atoms with van der Waals surface area (Å²) in [5.41, 5.74) is 0. The number of hydrogen-bond acceptors (Lipinski definition) is 4. The molecule has 0 aliphatic rings. The molecule has 5 nitrogen and oxygen atoms in total. The van der Waals surface area contributed by atoms with E-state index in [-0.39, 0.29) is 20.9 Å². The van der Waals surface area contributed by atoms with Gasteiger partial charge < -0.3 is 4.74 Å². The fourth-order valence-electron chi connectivity index (χ4n) is 1.46. The van der Waals surface area contributed by atoms with Crippen molar-refractivity contribution in [2.75, 3.05) is 7.11 Å². The van der Waals surface area contributed by atoms with Crippen LogP contribution >= 0.6 is 23.2 Å². The number of hydrogen-bond donors (Lipinski definition) is 1. The van der Waals surface area contributed by atoms with Crippen LogP contribution in [0.1, 0.15) is 13.8 Å². The molecule has 0 bridgehead atoms. The molecular weight excluding hydrogens is 325 g/mol. The number of halogens is 2. The first-order valence-electron chi connectivity index (χ1n) is 5.74. The zero-order valence-corrected chi connectivity index (χ0v) is 13.5. The number of sulfonamides is 1. The van der Waals surface area contributed by atoms with Crippen molar-refractivity contribution in [1.29, 1.82) is 0 Å². The Kier molecular flexibility index (Phi) is 5.82. The number of benzene rings is 1. The Morgan fingerprint density at radius 2 is 1.85 bits per heavy atom. The standard InChI is InChI=1S/C12H15Cl2NO4S/c1-7(2)11(12(16)19-3)15-20(17,18)8-4-5-9(13)10(14)6-8/h4-7,11,15H,1-3H3/t11-/m1/s1. The van der Waals surface area contributed by atoms with Gasteiger partial charge in [0.05, 0.1) is 22.1 Å². The summed E-state index contributed by atoms with van der Waals surface area (Å²) < 4.78 is 31.3. The predicted octanol–water partition coefficient (Wildman–Crippen LogP) is 2.47. The molecule has 0 aliphatic carbocycles. The monoisotopic (exact) mass is 339 g/mol. The number of carbonyl (C=O) groups excluding carboxylic acids is 1. The molecule has 0 heterocycles. The molecule has 0 fully saturated rings. The molecule has 0 saturated heterocycles. The van der Waals surface area contributed by atoms with E-state index in [9.17, 15) is 13.2 Å². The van der Waals surface area contributed by atoms with Crippen LogP contribution in [-0.4, -0.2) is 27.5 Å². The molecule has 8 heteroatoms. The molecule has 1 aromatic rings. The lowest BCUT2D eigenvalue weighted by Crippen LogP contribution is -2.44. The Balaban J connectivity index is 3.09. The molecule has 0 aliphatic heterocycles. The van der Waals surface area contributed by atoms with E-state index in [0.717, 1.165) is 0 Å². The number of carbonyl (C=O) groups is 1. The Morgan fingerprint density at radius 3 is 2.30 bits per heavy atom. The minimum absolute atomic E-state index is 0.0681. The zero-order chi connectivity index (χ0) is 15.5. The molecule has 1 N–H and O–H groups in total. The van der Waals surface area contributed by atoms with Gasteiger partial charge in [0.25, 0.3) is 0 Å². The Morgan fingerprint density at radius 1 is 1.25 bits per heavy atom. The normalized spacial score (nSPS) is 13.3. The average molecular weight is 340 g/mol. The summed E-state index contributed by atoms with van der Waals surface area (Å²) in [6.45, 7) is 3.41. The van der Waals surface area contributed by atoms with Crippen LogP contribution < -0.4 is 4.72 Å². The lowest BCUT2D eigenvalue weighted by molar-refractivity contribution is -0.143. The van der Waals surface area contributed by atoms with E-state index in [0.29, 0.717) is 0 Å². The third-order valence-electron chi connectivity index (χ3n) is 2.61. The van der Waals surface area contributed by atoms with Crippen molar-refractivity contribution < 1.29 is 17.9 Å². The first kappa shape index (κ1) is 17.2. The second-order valence-electron chi connectivity index (χ2n) is 4.44. The molecular formula is C12H15Cl2NO4S. The SMILES string of the molecule is COC(=O)[C@H](NS(=O)(=O)c1ccc(Cl)c(Cl)c1)C(C)C. The third-order valence-corrected chi connectivity index (χ3v) is 4.78. The lowest BCUT2D eigenvalue weighted by Gasteiger charge is -2.19. The van der Waals surface area contributed by atoms with Crippen molar-refractivity contribution in [3.63, 3.8) is 0 Å². The van der Waals surface area contributed by atoms with Gasteiger partial charge in [-0.2, -0.15) is 4.72 Å². The lowest BCUT2D eigenvalue weighted by atomic mass is 10.1. The molecule has 0 spiro atoms. The minimum Gasteiger partial charge on any atom is -0.468 e. The highest BCUT2D eigenvalue weighted by Gasteiger charge is 2.29. The first-order chi connectivity index (χ1) is 9.19. The van der Waals surface area contributed by atoms with Gasteiger partial charge in [0.1, 0.15) is 6.04 Å². The van der Waals surface area contributed by atoms with Crippen LogP contribution in [-0.2, 0) is 19.6 Å². The Bertz CT molecular complexity index is 601. The highest BCUT2D eigenvalue weighted by atomic mass is 35.5. The summed E-state index contributed by atoms with van der Waals surface area (Å²) in [6.07, 6.45) is 0. The second-order valence-corrected chi connectivity index (χ2v) is 6.97. The van der Waals surface area contributed by atoms with Gasteiger partial charge >= 0.3 is 5.97 Å². The van der Waals surface area contributed by atoms with Crippen LogP contribution in [0.2, 0.25) is 10.0 Å². The van der Waals surface area contributed by atoms with Gasteiger partial charge in [-0.1, -0.05) is 37.0 Å². The maximum atomic E-state index is 12.2. The summed E-state index contributed by atoms with van der Waals surface area (Å²) in [4.78, 5) is 11.5. The summed E-state index contributed by atoms with van der Waals surface area (Å²) in [6, 6.07) is 2.94. The molecule has 1 atom stereocenters. The highest BCUT2D eigenvalue weighted by Crippen LogP contribution is 2.25. The quantitative estimate of drug-likeness (QED) is 0.836. The van der Waals surface area contributed by atoms with Crippen molar-refractivity contribution in [1.82, 2.24) is 4.72 Å². The highest BCUT2D eigenvalue weighted by molar-refractivity contribution is 7.89. The largest absolute Gasteiger partial charge is 0.468 e. The molecule has 0 aromatic heterocycles. The van der Waals surface area contributed by atoms with Crippen LogP contribution in [0.4, 0.5) is 0 Å². The number of rotatable bonds is 5. The van der Waals surface area contributed by atoms with E-state index < -0.39 is 22.0 Å². The molecule has 0 unspecified atom stereocenters. The van der Waals surface area contributed by atoms with Crippen LogP contribution in [0.25, 0.3) is 0 Å². The number of nitrogens with one attached hydrogen (secondary N) is 1. The number of ether oxygens (including phenoxy) is 1. The van der Waals surface area contributed by atoms with Crippen molar-refractivity contribution >= 4 is 39.2 Å². The molecule has 1 rings (SSSR count). The van der Waals surface area contributed by atoms with E-state index in [1.807, 2.05) is 0 Å². The van der Waals surface area contributed by atoms with Crippen molar-refractivity contribution in [3.05, 3.63) is 28.2 Å². The molecule has 20 heavy (non-hydrogen) atoms. The molecule has 0 saturated carbocycles. The van der Waals surface area contributed by atoms with E-state index in [1.54, 1.807) is 13.8 Å². The van der Waals surface area contributed by atoms with Crippen molar-refractivity contribution in [2.45, 2.75) is 24.8 Å². The Labute approximate surface area is 128 Å². The van der Waals surface area contributed by atoms with E-state index in [1.165, 1.54) is 25.3 Å². The predicted molar refractivity (Wildman–Crippen MR) is 77.4 cm³/mol. The van der Waals surface area contributed by atoms with Gasteiger partial charge in [-0.05, 0) is 24.1 Å². The topological polar surface area (TPSA) is 72.5 Å². The fourth-order valence-corrected chi connectivity index (χ4v) is 3.18. The van der Waals surface area contributed by atoms with Gasteiger partial charge in [-0.3, -0.25) is 4.79 Å². The number of esters is 1. The van der Waals surface area contributed by atoms with Crippen LogP contribution in [0.5, 0.6) is 0 Å². The van der Waals surface area contributed by atoms with Gasteiger partial charge in [0.2, 0.25) is 10.0 Å². The summed E-state index contributed by atoms with van der Waals surface area (Å²) in [5, 5.41) is 0.368. The van der Waals surface area contributed by atoms with Crippen molar-refractivity contribution in [3.8, 4) is 0 Å². The Hall–Kier alpha value is -0.820. The fraction of sp³-hybridized carbons (Fsp3) is 0.417. The summed E-state index contributed by atoms with van der Waals surface area (Å²) in [5.74, 6) is -0.913. The summed E-state index contributed by atoms with van der Waals surface area (Å²) in [7, 11) is -2.69. The molecule has 112 valence electrons. The first-order valence-corrected chi connectivity index (χ1v) is 7.98.